The van der Waals surface area contributed by atoms with Crippen molar-refractivity contribution >= 4 is 0 Å². The summed E-state index contributed by atoms with van der Waals surface area (Å²) in [5, 5.41) is 0. The number of benzene rings is 1. The number of nitrogens with zero attached hydrogens (tertiary/aromatic N) is 3. The lowest BCUT2D eigenvalue weighted by atomic mass is 9.95. The molecular formula is C27H47N3O. The lowest BCUT2D eigenvalue weighted by Crippen LogP contribution is -2.46. The molecule has 2 heterocycles. The highest BCUT2D eigenvalue weighted by Crippen LogP contribution is 2.21. The zero-order chi connectivity index (χ0) is 22.1. The van der Waals surface area contributed by atoms with Crippen LogP contribution in [0.5, 0.6) is 0 Å². The van der Waals surface area contributed by atoms with Crippen LogP contribution in [0.1, 0.15) is 70.4 Å². The van der Waals surface area contributed by atoms with E-state index in [4.69, 9.17) is 4.74 Å². The maximum atomic E-state index is 6.17. The maximum absolute atomic E-state index is 6.17. The second-order valence-electron chi connectivity index (χ2n) is 10.3. The first-order valence-electron chi connectivity index (χ1n) is 12.9. The molecule has 0 bridgehead atoms. The van der Waals surface area contributed by atoms with Crippen LogP contribution >= 0.6 is 0 Å². The van der Waals surface area contributed by atoms with E-state index in [2.05, 4.69) is 66.7 Å². The molecule has 176 valence electrons. The van der Waals surface area contributed by atoms with Gasteiger partial charge in [-0.15, -0.1) is 0 Å². The first-order valence-corrected chi connectivity index (χ1v) is 12.9. The topological polar surface area (TPSA) is 19.0 Å². The normalized spacial score (nSPS) is 22.4. The highest BCUT2D eigenvalue weighted by atomic mass is 16.5. The molecule has 31 heavy (non-hydrogen) atoms. The van der Waals surface area contributed by atoms with Gasteiger partial charge in [0.1, 0.15) is 0 Å². The molecule has 3 rings (SSSR count). The molecule has 4 nitrogen and oxygen atoms in total. The number of hydrogen-bond acceptors (Lipinski definition) is 4. The van der Waals surface area contributed by atoms with Gasteiger partial charge in [0.25, 0.3) is 0 Å². The van der Waals surface area contributed by atoms with Crippen LogP contribution in [-0.4, -0.2) is 79.8 Å². The first-order chi connectivity index (χ1) is 15.0. The number of hydrogen-bond donors (Lipinski definition) is 0. The minimum atomic E-state index is 0.465. The number of piperazine rings is 1. The Kier molecular flexibility index (Phi) is 10.3. The maximum Gasteiger partial charge on any atom is 0.0714 e. The van der Waals surface area contributed by atoms with Crippen LogP contribution < -0.4 is 0 Å². The average molecular weight is 430 g/mol. The molecule has 4 heteroatoms. The molecular weight excluding hydrogens is 382 g/mol. The third-order valence-corrected chi connectivity index (χ3v) is 6.97. The number of rotatable bonds is 12. The molecule has 2 saturated heterocycles. The number of ether oxygens (including phenoxy) is 1. The predicted octanol–water partition coefficient (Wildman–Crippen LogP) is 4.84. The second-order valence-corrected chi connectivity index (χ2v) is 10.3. The van der Waals surface area contributed by atoms with Crippen LogP contribution in [-0.2, 0) is 11.3 Å². The van der Waals surface area contributed by atoms with Crippen molar-refractivity contribution in [3.05, 3.63) is 35.4 Å². The zero-order valence-electron chi connectivity index (χ0n) is 20.7. The highest BCUT2D eigenvalue weighted by Gasteiger charge is 2.23. The van der Waals surface area contributed by atoms with Crippen molar-refractivity contribution in [2.45, 2.75) is 71.9 Å². The van der Waals surface area contributed by atoms with Gasteiger partial charge in [-0.25, -0.2) is 0 Å². The molecule has 2 atom stereocenters. The average Bonchev–Trinajstić information content (AvgIpc) is 3.19. The van der Waals surface area contributed by atoms with Crippen LogP contribution in [0, 0.1) is 5.92 Å². The minimum Gasteiger partial charge on any atom is -0.377 e. The van der Waals surface area contributed by atoms with E-state index in [1.807, 2.05) is 0 Å². The molecule has 0 aliphatic carbocycles. The monoisotopic (exact) mass is 429 g/mol. The molecule has 0 N–H and O–H groups in total. The van der Waals surface area contributed by atoms with Crippen LogP contribution in [0.15, 0.2) is 24.3 Å². The summed E-state index contributed by atoms with van der Waals surface area (Å²) >= 11 is 0. The van der Waals surface area contributed by atoms with Crippen molar-refractivity contribution in [1.82, 2.24) is 14.7 Å². The summed E-state index contributed by atoms with van der Waals surface area (Å²) < 4.78 is 6.17. The molecule has 0 spiro atoms. The van der Waals surface area contributed by atoms with Crippen molar-refractivity contribution in [3.63, 3.8) is 0 Å². The minimum absolute atomic E-state index is 0.465. The van der Waals surface area contributed by atoms with Gasteiger partial charge in [-0.1, -0.05) is 58.4 Å². The second kappa shape index (κ2) is 12.9. The van der Waals surface area contributed by atoms with Crippen molar-refractivity contribution in [2.75, 3.05) is 59.0 Å². The summed E-state index contributed by atoms with van der Waals surface area (Å²) in [7, 11) is 0. The first kappa shape index (κ1) is 24.7. The molecule has 2 aliphatic heterocycles. The summed E-state index contributed by atoms with van der Waals surface area (Å²) in [5.41, 5.74) is 2.94. The Morgan fingerprint density at radius 2 is 1.65 bits per heavy atom. The Morgan fingerprint density at radius 1 is 0.935 bits per heavy atom. The van der Waals surface area contributed by atoms with E-state index in [1.54, 1.807) is 0 Å². The van der Waals surface area contributed by atoms with Crippen molar-refractivity contribution in [3.8, 4) is 0 Å². The lowest BCUT2D eigenvalue weighted by molar-refractivity contribution is 0.0469. The van der Waals surface area contributed by atoms with Crippen molar-refractivity contribution < 1.29 is 4.74 Å². The molecule has 0 saturated carbocycles. The summed E-state index contributed by atoms with van der Waals surface area (Å²) in [6.07, 6.45) is 5.38. The van der Waals surface area contributed by atoms with Crippen LogP contribution in [0.4, 0.5) is 0 Å². The van der Waals surface area contributed by atoms with Gasteiger partial charge in [-0.2, -0.15) is 0 Å². The third-order valence-electron chi connectivity index (χ3n) is 6.97. The standard InChI is InChI=1S/C27H47N3O/c1-5-7-24(4)26-10-8-25(9-11-26)21-29-17-15-28(16-18-29)13-6-19-31-27-12-14-30(22-27)20-23(2)3/h8-11,23-24,27H,5-7,12-22H2,1-4H3/t24?,27-/m1/s1. The summed E-state index contributed by atoms with van der Waals surface area (Å²) in [4.78, 5) is 7.79. The quantitative estimate of drug-likeness (QED) is 0.442. The lowest BCUT2D eigenvalue weighted by Gasteiger charge is -2.34. The van der Waals surface area contributed by atoms with Gasteiger partial charge in [0.15, 0.2) is 0 Å². The highest BCUT2D eigenvalue weighted by molar-refractivity contribution is 5.25. The van der Waals surface area contributed by atoms with Crippen molar-refractivity contribution in [1.29, 1.82) is 0 Å². The molecule has 0 amide bonds. The molecule has 1 aromatic carbocycles. The van der Waals surface area contributed by atoms with E-state index in [9.17, 15) is 0 Å². The predicted molar refractivity (Wildman–Crippen MR) is 132 cm³/mol. The SMILES string of the molecule is CCCC(C)c1ccc(CN2CCN(CCCO[C@@H]3CCN(CC(C)C)C3)CC2)cc1. The Hall–Kier alpha value is -0.940. The van der Waals surface area contributed by atoms with Crippen LogP contribution in [0.25, 0.3) is 0 Å². The van der Waals surface area contributed by atoms with Gasteiger partial charge in [-0.3, -0.25) is 4.90 Å². The summed E-state index contributed by atoms with van der Waals surface area (Å²) in [5.74, 6) is 1.44. The summed E-state index contributed by atoms with van der Waals surface area (Å²) in [6, 6.07) is 9.38. The molecule has 1 unspecified atom stereocenters. The Balaban J connectivity index is 1.26. The van der Waals surface area contributed by atoms with E-state index in [0.717, 1.165) is 32.0 Å². The molecule has 2 aliphatic rings. The Labute approximate surface area is 191 Å². The molecule has 0 aromatic heterocycles. The van der Waals surface area contributed by atoms with Gasteiger partial charge in [0.05, 0.1) is 6.10 Å². The van der Waals surface area contributed by atoms with E-state index in [0.29, 0.717) is 12.0 Å². The van der Waals surface area contributed by atoms with Crippen LogP contribution in [0.2, 0.25) is 0 Å². The zero-order valence-corrected chi connectivity index (χ0v) is 20.7. The van der Waals surface area contributed by atoms with E-state index in [1.165, 1.54) is 76.2 Å². The smallest absolute Gasteiger partial charge is 0.0714 e. The van der Waals surface area contributed by atoms with Crippen molar-refractivity contribution in [2.24, 2.45) is 5.92 Å². The van der Waals surface area contributed by atoms with E-state index >= 15 is 0 Å². The summed E-state index contributed by atoms with van der Waals surface area (Å²) in [6.45, 7) is 20.7. The molecule has 0 radical (unpaired) electrons. The van der Waals surface area contributed by atoms with Gasteiger partial charge in [0.2, 0.25) is 0 Å². The van der Waals surface area contributed by atoms with Gasteiger partial charge in [0, 0.05) is 65.5 Å². The Bertz CT molecular complexity index is 609. The van der Waals surface area contributed by atoms with Gasteiger partial charge >= 0.3 is 0 Å². The van der Waals surface area contributed by atoms with Gasteiger partial charge < -0.3 is 14.5 Å². The third kappa shape index (κ3) is 8.49. The fraction of sp³-hybridized carbons (Fsp3) is 0.778. The van der Waals surface area contributed by atoms with Crippen LogP contribution in [0.3, 0.4) is 0 Å². The van der Waals surface area contributed by atoms with Gasteiger partial charge in [-0.05, 0) is 42.2 Å². The fourth-order valence-corrected chi connectivity index (χ4v) is 5.13. The molecule has 2 fully saturated rings. The van der Waals surface area contributed by atoms with E-state index in [-0.39, 0.29) is 0 Å². The molecule has 1 aromatic rings. The largest absolute Gasteiger partial charge is 0.377 e. The number of likely N-dealkylation sites (tertiary alicyclic amines) is 1. The fourth-order valence-electron chi connectivity index (χ4n) is 5.13. The van der Waals surface area contributed by atoms with E-state index < -0.39 is 0 Å². The Morgan fingerprint density at radius 3 is 2.32 bits per heavy atom.